The van der Waals surface area contributed by atoms with Crippen molar-refractivity contribution in [3.63, 3.8) is 0 Å². The summed E-state index contributed by atoms with van der Waals surface area (Å²) in [6.07, 6.45) is 0. The summed E-state index contributed by atoms with van der Waals surface area (Å²) in [5, 5.41) is 1.21. The van der Waals surface area contributed by atoms with Gasteiger partial charge in [0.15, 0.2) is 7.38 Å². The van der Waals surface area contributed by atoms with Crippen molar-refractivity contribution in [3.8, 4) is 5.75 Å². The first kappa shape index (κ1) is 17.6. The van der Waals surface area contributed by atoms with Crippen molar-refractivity contribution in [1.29, 1.82) is 0 Å². The fraction of sp³-hybridized carbons (Fsp3) is 0.647. The molecule has 0 aliphatic rings. The molecule has 0 saturated carbocycles. The van der Waals surface area contributed by atoms with Gasteiger partial charge in [0, 0.05) is 0 Å². The molecule has 0 saturated heterocycles. The molecule has 0 aromatic heterocycles. The third-order valence-electron chi connectivity index (χ3n) is 3.61. The second kappa shape index (κ2) is 5.38. The van der Waals surface area contributed by atoms with E-state index in [0.717, 1.165) is 5.75 Å². The Balaban J connectivity index is 3.75. The maximum atomic E-state index is 6.75. The molecule has 0 heterocycles. The van der Waals surface area contributed by atoms with E-state index in [2.05, 4.69) is 66.8 Å². The minimum Gasteiger partial charge on any atom is -0.497 e. The maximum absolute atomic E-state index is 6.75. The highest BCUT2D eigenvalue weighted by Gasteiger charge is 2.32. The van der Waals surface area contributed by atoms with Crippen LogP contribution in [0.4, 0.5) is 0 Å². The Morgan fingerprint density at radius 1 is 0.950 bits per heavy atom. The van der Waals surface area contributed by atoms with E-state index in [1.807, 2.05) is 0 Å². The van der Waals surface area contributed by atoms with Gasteiger partial charge in [-0.25, -0.2) is 0 Å². The van der Waals surface area contributed by atoms with Crippen LogP contribution in [0.2, 0.25) is 13.1 Å². The minimum absolute atomic E-state index is 0.0396. The summed E-state index contributed by atoms with van der Waals surface area (Å²) in [5.74, 6) is 0.983. The SMILES string of the molecule is COc1c(C(C)(C)C)cc(C(C)(C)C)cc1[Si](C)(C)Cl. The highest BCUT2D eigenvalue weighted by molar-refractivity contribution is 7.26. The van der Waals surface area contributed by atoms with Crippen LogP contribution in [0.5, 0.6) is 5.75 Å². The van der Waals surface area contributed by atoms with Crippen LogP contribution in [0, 0.1) is 0 Å². The number of hydrogen-bond acceptors (Lipinski definition) is 1. The van der Waals surface area contributed by atoms with Gasteiger partial charge in [0.1, 0.15) is 5.75 Å². The van der Waals surface area contributed by atoms with E-state index in [4.69, 9.17) is 15.8 Å². The van der Waals surface area contributed by atoms with Crippen molar-refractivity contribution in [2.45, 2.75) is 65.5 Å². The zero-order chi connectivity index (χ0) is 15.9. The Hall–Kier alpha value is -0.473. The lowest BCUT2D eigenvalue weighted by Crippen LogP contribution is -2.39. The van der Waals surface area contributed by atoms with Crippen LogP contribution < -0.4 is 9.92 Å². The fourth-order valence-electron chi connectivity index (χ4n) is 2.28. The molecule has 114 valence electrons. The Kier molecular flexibility index (Phi) is 4.73. The summed E-state index contributed by atoms with van der Waals surface area (Å²) >= 11 is 6.75. The molecule has 20 heavy (non-hydrogen) atoms. The lowest BCUT2D eigenvalue weighted by atomic mass is 9.80. The monoisotopic (exact) mass is 312 g/mol. The summed E-state index contributed by atoms with van der Waals surface area (Å²) in [5.41, 5.74) is 2.73. The topological polar surface area (TPSA) is 9.23 Å². The molecule has 3 heteroatoms. The molecule has 0 N–H and O–H groups in total. The van der Waals surface area contributed by atoms with E-state index in [-0.39, 0.29) is 10.8 Å². The molecule has 1 rings (SSSR count). The lowest BCUT2D eigenvalue weighted by molar-refractivity contribution is 0.400. The molecule has 1 nitrogen and oxygen atoms in total. The second-order valence-corrected chi connectivity index (χ2v) is 14.4. The van der Waals surface area contributed by atoms with Gasteiger partial charge in [-0.1, -0.05) is 66.8 Å². The number of ether oxygens (including phenoxy) is 1. The zero-order valence-corrected chi connectivity index (χ0v) is 16.2. The predicted molar refractivity (Wildman–Crippen MR) is 93.4 cm³/mol. The molecular formula is C17H29ClOSi. The van der Waals surface area contributed by atoms with E-state index < -0.39 is 7.38 Å². The van der Waals surface area contributed by atoms with Crippen LogP contribution in [-0.2, 0) is 10.8 Å². The van der Waals surface area contributed by atoms with Crippen molar-refractivity contribution < 1.29 is 4.74 Å². The van der Waals surface area contributed by atoms with Crippen LogP contribution in [-0.4, -0.2) is 14.5 Å². The van der Waals surface area contributed by atoms with Crippen molar-refractivity contribution in [2.24, 2.45) is 0 Å². The Labute approximate surface area is 130 Å². The Bertz CT molecular complexity index is 452. The molecule has 0 spiro atoms. The summed E-state index contributed by atoms with van der Waals surface area (Å²) in [6, 6.07) is 4.55. The summed E-state index contributed by atoms with van der Waals surface area (Å²) in [6.45, 7) is 17.7. The van der Waals surface area contributed by atoms with Crippen LogP contribution in [0.3, 0.4) is 0 Å². The summed E-state index contributed by atoms with van der Waals surface area (Å²) < 4.78 is 5.75. The number of benzene rings is 1. The van der Waals surface area contributed by atoms with Crippen molar-refractivity contribution in [2.75, 3.05) is 7.11 Å². The van der Waals surface area contributed by atoms with Gasteiger partial charge in [0.05, 0.1) is 7.11 Å². The van der Waals surface area contributed by atoms with E-state index in [1.54, 1.807) is 7.11 Å². The fourth-order valence-corrected chi connectivity index (χ4v) is 3.98. The van der Waals surface area contributed by atoms with Crippen LogP contribution >= 0.6 is 11.1 Å². The third kappa shape index (κ3) is 3.79. The molecule has 0 atom stereocenters. The first-order valence-electron chi connectivity index (χ1n) is 7.21. The molecule has 0 aliphatic heterocycles. The third-order valence-corrected chi connectivity index (χ3v) is 5.87. The number of rotatable bonds is 2. The summed E-state index contributed by atoms with van der Waals surface area (Å²) in [4.78, 5) is 0. The Morgan fingerprint density at radius 2 is 1.45 bits per heavy atom. The van der Waals surface area contributed by atoms with Crippen molar-refractivity contribution in [1.82, 2.24) is 0 Å². The molecule has 0 radical (unpaired) electrons. The molecular weight excluding hydrogens is 284 g/mol. The number of hydrogen-bond donors (Lipinski definition) is 0. The van der Waals surface area contributed by atoms with Crippen LogP contribution in [0.1, 0.15) is 52.7 Å². The molecule has 0 bridgehead atoms. The average Bonchev–Trinajstić information content (AvgIpc) is 2.23. The summed E-state index contributed by atoms with van der Waals surface area (Å²) in [7, 11) is -0.220. The lowest BCUT2D eigenvalue weighted by Gasteiger charge is -2.31. The van der Waals surface area contributed by atoms with Gasteiger partial charge in [0.25, 0.3) is 0 Å². The van der Waals surface area contributed by atoms with Gasteiger partial charge < -0.3 is 4.74 Å². The van der Waals surface area contributed by atoms with E-state index >= 15 is 0 Å². The second-order valence-electron chi connectivity index (χ2n) is 8.08. The Morgan fingerprint density at radius 3 is 1.75 bits per heavy atom. The first-order chi connectivity index (χ1) is 8.78. The number of methoxy groups -OCH3 is 1. The quantitative estimate of drug-likeness (QED) is 0.555. The van der Waals surface area contributed by atoms with Gasteiger partial charge in [0.2, 0.25) is 0 Å². The van der Waals surface area contributed by atoms with Gasteiger partial charge in [-0.15, -0.1) is 0 Å². The van der Waals surface area contributed by atoms with Gasteiger partial charge in [-0.2, -0.15) is 11.1 Å². The average molecular weight is 313 g/mol. The smallest absolute Gasteiger partial charge is 0.185 e. The molecule has 1 aromatic rings. The van der Waals surface area contributed by atoms with E-state index in [0.29, 0.717) is 0 Å². The number of halogens is 1. The largest absolute Gasteiger partial charge is 0.497 e. The maximum Gasteiger partial charge on any atom is 0.185 e. The van der Waals surface area contributed by atoms with Crippen molar-refractivity contribution in [3.05, 3.63) is 23.3 Å². The standard InChI is InChI=1S/C17H29ClOSi/c1-16(2,3)12-10-13(17(4,5)6)15(19-7)14(11-12)20(8,9)18/h10-11H,1-9H3. The molecule has 0 aliphatic carbocycles. The van der Waals surface area contributed by atoms with Gasteiger partial charge in [-0.05, 0) is 27.1 Å². The van der Waals surface area contributed by atoms with Crippen LogP contribution in [0.25, 0.3) is 0 Å². The molecule has 0 fully saturated rings. The first-order valence-corrected chi connectivity index (χ1v) is 11.2. The van der Waals surface area contributed by atoms with E-state index in [1.165, 1.54) is 16.3 Å². The molecule has 0 amide bonds. The van der Waals surface area contributed by atoms with E-state index in [9.17, 15) is 0 Å². The predicted octanol–water partition coefficient (Wildman–Crippen LogP) is 4.94. The minimum atomic E-state index is -1.97. The zero-order valence-electron chi connectivity index (χ0n) is 14.4. The van der Waals surface area contributed by atoms with Crippen LogP contribution in [0.15, 0.2) is 12.1 Å². The highest BCUT2D eigenvalue weighted by Crippen LogP contribution is 2.36. The molecule has 0 unspecified atom stereocenters. The molecule has 1 aromatic carbocycles. The highest BCUT2D eigenvalue weighted by atomic mass is 35.6. The normalized spacial score (nSPS) is 13.5. The van der Waals surface area contributed by atoms with Gasteiger partial charge >= 0.3 is 0 Å². The van der Waals surface area contributed by atoms with Gasteiger partial charge in [-0.3, -0.25) is 0 Å². The van der Waals surface area contributed by atoms with Crippen molar-refractivity contribution >= 4 is 23.6 Å².